The third-order valence-corrected chi connectivity index (χ3v) is 3.37. The molecule has 1 fully saturated rings. The van der Waals surface area contributed by atoms with Gasteiger partial charge in [0, 0.05) is 18.7 Å². The molecule has 0 amide bonds. The third kappa shape index (κ3) is 1.94. The molecule has 7 heteroatoms. The number of carbonyl (C=O) groups excluding carboxylic acids is 1. The number of rotatable bonds is 4. The van der Waals surface area contributed by atoms with Crippen molar-refractivity contribution >= 4 is 5.97 Å². The van der Waals surface area contributed by atoms with Crippen molar-refractivity contribution in [2.24, 2.45) is 0 Å². The van der Waals surface area contributed by atoms with E-state index in [1.807, 2.05) is 0 Å². The van der Waals surface area contributed by atoms with Gasteiger partial charge in [0.2, 0.25) is 0 Å². The predicted octanol–water partition coefficient (Wildman–Crippen LogP) is 1.24. The van der Waals surface area contributed by atoms with Crippen LogP contribution in [0.3, 0.4) is 0 Å². The summed E-state index contributed by atoms with van der Waals surface area (Å²) in [6.45, 7) is 0. The smallest absolute Gasteiger partial charge is 0.350 e. The summed E-state index contributed by atoms with van der Waals surface area (Å²) in [5, 5.41) is 0. The Morgan fingerprint density at radius 2 is 2.00 bits per heavy atom. The quantitative estimate of drug-likeness (QED) is 0.611. The molecule has 2 bridgehead atoms. The van der Waals surface area contributed by atoms with Crippen molar-refractivity contribution in [3.8, 4) is 5.75 Å². The van der Waals surface area contributed by atoms with Crippen LogP contribution in [-0.2, 0) is 34.6 Å². The Morgan fingerprint density at radius 1 is 1.19 bits per heavy atom. The van der Waals surface area contributed by atoms with Crippen LogP contribution >= 0.6 is 0 Å². The van der Waals surface area contributed by atoms with Gasteiger partial charge in [-0.25, -0.2) is 4.79 Å². The zero-order valence-electron chi connectivity index (χ0n) is 11.7. The van der Waals surface area contributed by atoms with Crippen LogP contribution in [0.1, 0.15) is 5.56 Å². The van der Waals surface area contributed by atoms with E-state index in [0.717, 1.165) is 0 Å². The van der Waals surface area contributed by atoms with E-state index in [1.54, 1.807) is 31.4 Å². The van der Waals surface area contributed by atoms with Gasteiger partial charge in [-0.15, -0.1) is 0 Å². The molecule has 0 N–H and O–H groups in total. The fraction of sp³-hybridized carbons (Fsp3) is 0.357. The maximum atomic E-state index is 11.9. The Labute approximate surface area is 120 Å². The number of ether oxygens (including phenoxy) is 4. The molecule has 1 aromatic rings. The molecule has 7 nitrogen and oxygen atoms in total. The molecule has 1 aromatic carbocycles. The van der Waals surface area contributed by atoms with E-state index in [2.05, 4.69) is 0 Å². The molecule has 2 unspecified atom stereocenters. The topological polar surface area (TPSA) is 72.5 Å². The van der Waals surface area contributed by atoms with E-state index < -0.39 is 17.7 Å². The number of methoxy groups -OCH3 is 3. The van der Waals surface area contributed by atoms with E-state index in [4.69, 9.17) is 28.7 Å². The monoisotopic (exact) mass is 294 g/mol. The lowest BCUT2D eigenvalue weighted by atomic mass is 10.0. The van der Waals surface area contributed by atoms with Gasteiger partial charge >= 0.3 is 11.9 Å². The molecule has 3 rings (SSSR count). The number of carbonyl (C=O) groups is 1. The fourth-order valence-electron chi connectivity index (χ4n) is 2.29. The Balaban J connectivity index is 2.06. The summed E-state index contributed by atoms with van der Waals surface area (Å²) in [5.41, 5.74) is 0.682. The number of hydrogen-bond donors (Lipinski definition) is 0. The highest BCUT2D eigenvalue weighted by molar-refractivity contribution is 5.91. The van der Waals surface area contributed by atoms with Crippen molar-refractivity contribution in [2.75, 3.05) is 21.3 Å². The van der Waals surface area contributed by atoms with Crippen LogP contribution in [0.25, 0.3) is 0 Å². The Kier molecular flexibility index (Phi) is 3.22. The van der Waals surface area contributed by atoms with Crippen LogP contribution in [0.2, 0.25) is 0 Å². The highest BCUT2D eigenvalue weighted by Crippen LogP contribution is 2.52. The summed E-state index contributed by atoms with van der Waals surface area (Å²) in [7, 11) is 4.15. The summed E-state index contributed by atoms with van der Waals surface area (Å²) in [5.74, 6) is -3.11. The SMILES string of the molecule is COC(=O)C1=CC2(c3cccc(OC)c3)OOC1(OC)O2. The number of esters is 1. The second-order valence-corrected chi connectivity index (χ2v) is 4.48. The molecule has 2 aliphatic heterocycles. The van der Waals surface area contributed by atoms with Crippen molar-refractivity contribution in [2.45, 2.75) is 11.8 Å². The summed E-state index contributed by atoms with van der Waals surface area (Å²) >= 11 is 0. The second kappa shape index (κ2) is 4.81. The summed E-state index contributed by atoms with van der Waals surface area (Å²) in [6, 6.07) is 7.02. The minimum Gasteiger partial charge on any atom is -0.497 e. The van der Waals surface area contributed by atoms with Gasteiger partial charge in [-0.05, 0) is 12.1 Å². The minimum atomic E-state index is -1.73. The van der Waals surface area contributed by atoms with E-state index in [-0.39, 0.29) is 5.57 Å². The molecule has 2 heterocycles. The van der Waals surface area contributed by atoms with Gasteiger partial charge in [-0.2, -0.15) is 9.78 Å². The molecule has 0 radical (unpaired) electrons. The fourth-order valence-corrected chi connectivity index (χ4v) is 2.29. The molecule has 112 valence electrons. The molecule has 2 atom stereocenters. The standard InChI is InChI=1S/C14H14O7/c1-16-10-6-4-5-9(7-10)13-8-11(12(15)17-2)14(18-3,19-13)21-20-13/h4-8H,1-3H3. The number of fused-ring (bicyclic) bond motifs is 2. The summed E-state index contributed by atoms with van der Waals surface area (Å²) in [6.07, 6.45) is 1.47. The van der Waals surface area contributed by atoms with E-state index in [9.17, 15) is 4.79 Å². The maximum absolute atomic E-state index is 11.9. The molecule has 0 aliphatic carbocycles. The third-order valence-electron chi connectivity index (χ3n) is 3.37. The van der Waals surface area contributed by atoms with Crippen LogP contribution in [0.5, 0.6) is 5.75 Å². The largest absolute Gasteiger partial charge is 0.497 e. The lowest BCUT2D eigenvalue weighted by Crippen LogP contribution is -2.36. The second-order valence-electron chi connectivity index (χ2n) is 4.48. The van der Waals surface area contributed by atoms with Crippen molar-refractivity contribution in [3.05, 3.63) is 41.5 Å². The molecular formula is C14H14O7. The van der Waals surface area contributed by atoms with Crippen LogP contribution in [-0.4, -0.2) is 33.3 Å². The molecular weight excluding hydrogens is 280 g/mol. The van der Waals surface area contributed by atoms with Crippen LogP contribution in [0.4, 0.5) is 0 Å². The molecule has 0 spiro atoms. The minimum absolute atomic E-state index is 0.0848. The maximum Gasteiger partial charge on any atom is 0.350 e. The lowest BCUT2D eigenvalue weighted by molar-refractivity contribution is -0.399. The molecule has 21 heavy (non-hydrogen) atoms. The molecule has 0 aromatic heterocycles. The zero-order chi connectivity index (χ0) is 15.1. The van der Waals surface area contributed by atoms with Crippen molar-refractivity contribution in [3.63, 3.8) is 0 Å². The van der Waals surface area contributed by atoms with Gasteiger partial charge in [0.25, 0.3) is 5.79 Å². The normalized spacial score (nSPS) is 30.1. The predicted molar refractivity (Wildman–Crippen MR) is 67.8 cm³/mol. The Morgan fingerprint density at radius 3 is 2.67 bits per heavy atom. The van der Waals surface area contributed by atoms with Crippen LogP contribution < -0.4 is 4.74 Å². The van der Waals surface area contributed by atoms with Crippen molar-refractivity contribution in [1.29, 1.82) is 0 Å². The lowest BCUT2D eigenvalue weighted by Gasteiger charge is -2.21. The highest BCUT2D eigenvalue weighted by atomic mass is 17.3. The van der Waals surface area contributed by atoms with Gasteiger partial charge < -0.3 is 14.2 Å². The van der Waals surface area contributed by atoms with Gasteiger partial charge in [-0.3, -0.25) is 4.74 Å². The first kappa shape index (κ1) is 14.0. The average molecular weight is 294 g/mol. The van der Waals surface area contributed by atoms with E-state index in [1.165, 1.54) is 20.3 Å². The van der Waals surface area contributed by atoms with E-state index in [0.29, 0.717) is 11.3 Å². The van der Waals surface area contributed by atoms with Crippen LogP contribution in [0, 0.1) is 0 Å². The van der Waals surface area contributed by atoms with Crippen molar-refractivity contribution in [1.82, 2.24) is 0 Å². The summed E-state index contributed by atoms with van der Waals surface area (Å²) in [4.78, 5) is 22.2. The van der Waals surface area contributed by atoms with E-state index >= 15 is 0 Å². The highest BCUT2D eigenvalue weighted by Gasteiger charge is 2.64. The first-order valence-electron chi connectivity index (χ1n) is 6.17. The Hall–Kier alpha value is -1.93. The average Bonchev–Trinajstić information content (AvgIpc) is 3.09. The first-order valence-corrected chi connectivity index (χ1v) is 6.17. The van der Waals surface area contributed by atoms with Crippen molar-refractivity contribution < 1.29 is 33.5 Å². The number of benzene rings is 1. The van der Waals surface area contributed by atoms with Gasteiger partial charge in [0.15, 0.2) is 0 Å². The van der Waals surface area contributed by atoms with Crippen LogP contribution in [0.15, 0.2) is 35.9 Å². The molecule has 2 aliphatic rings. The molecule has 0 saturated carbocycles. The van der Waals surface area contributed by atoms with Gasteiger partial charge in [-0.1, -0.05) is 12.1 Å². The van der Waals surface area contributed by atoms with Gasteiger partial charge in [0.05, 0.1) is 14.2 Å². The summed E-state index contributed by atoms with van der Waals surface area (Å²) < 4.78 is 20.7. The zero-order valence-corrected chi connectivity index (χ0v) is 11.7. The Bertz CT molecular complexity index is 611. The molecule has 1 saturated heterocycles. The first-order chi connectivity index (χ1) is 10.1. The number of hydrogen-bond acceptors (Lipinski definition) is 7. The van der Waals surface area contributed by atoms with Gasteiger partial charge in [0.1, 0.15) is 11.3 Å².